The molecule has 0 saturated carbocycles. The molecular formula is C27H18F3N7O3S. The van der Waals surface area contributed by atoms with Crippen molar-refractivity contribution in [2.24, 2.45) is 0 Å². The molecule has 0 unspecified atom stereocenters. The standard InChI is InChI=1S/C27H18F3N7O3S/c1-40-15-6-10-22(17(29)12-15)41(38,39)36-19-8-7-16(28)25(24(19)30)35-27-26-20(31-13-32-27)9-11-23(34-26)37-14-33-18-4-2-3-5-21(18)37/h2-14,36H,1H3,(H,31,32,35). The molecule has 0 radical (unpaired) electrons. The SMILES string of the molecule is COc1ccc(S(=O)(=O)Nc2ccc(F)c(Nc3ncnc4ccc(-n5cnc6ccccc65)nc34)c2F)c(F)c1. The number of anilines is 3. The Balaban J connectivity index is 1.37. The van der Waals surface area contributed by atoms with E-state index in [2.05, 4.69) is 25.3 Å². The van der Waals surface area contributed by atoms with E-state index in [1.54, 1.807) is 23.0 Å². The number of methoxy groups -OCH3 is 1. The average molecular weight is 578 g/mol. The smallest absolute Gasteiger partial charge is 0.264 e. The Labute approximate surface area is 230 Å². The molecule has 0 atom stereocenters. The fourth-order valence-corrected chi connectivity index (χ4v) is 5.31. The van der Waals surface area contributed by atoms with Crippen LogP contribution >= 0.6 is 0 Å². The van der Waals surface area contributed by atoms with Gasteiger partial charge in [-0.15, -0.1) is 0 Å². The largest absolute Gasteiger partial charge is 0.497 e. The van der Waals surface area contributed by atoms with E-state index in [1.165, 1.54) is 19.5 Å². The van der Waals surface area contributed by atoms with E-state index < -0.39 is 43.7 Å². The number of pyridine rings is 1. The molecule has 0 spiro atoms. The van der Waals surface area contributed by atoms with Crippen LogP contribution in [0.2, 0.25) is 0 Å². The van der Waals surface area contributed by atoms with Crippen molar-refractivity contribution in [3.05, 3.63) is 96.8 Å². The van der Waals surface area contributed by atoms with E-state index >= 15 is 4.39 Å². The molecule has 0 amide bonds. The van der Waals surface area contributed by atoms with Crippen molar-refractivity contribution in [1.82, 2.24) is 24.5 Å². The number of hydrogen-bond donors (Lipinski definition) is 2. The molecule has 206 valence electrons. The molecule has 3 heterocycles. The topological polar surface area (TPSA) is 124 Å². The predicted octanol–water partition coefficient (Wildman–Crippen LogP) is 5.33. The van der Waals surface area contributed by atoms with Crippen molar-refractivity contribution in [2.45, 2.75) is 4.90 Å². The highest BCUT2D eigenvalue weighted by Gasteiger charge is 2.24. The predicted molar refractivity (Wildman–Crippen MR) is 145 cm³/mol. The number of hydrogen-bond acceptors (Lipinski definition) is 8. The van der Waals surface area contributed by atoms with Gasteiger partial charge in [-0.3, -0.25) is 9.29 Å². The Morgan fingerprint density at radius 2 is 1.71 bits per heavy atom. The quantitative estimate of drug-likeness (QED) is 0.261. The van der Waals surface area contributed by atoms with Crippen LogP contribution in [-0.4, -0.2) is 40.0 Å². The summed E-state index contributed by atoms with van der Waals surface area (Å²) in [6.45, 7) is 0. The lowest BCUT2D eigenvalue weighted by atomic mass is 10.2. The van der Waals surface area contributed by atoms with Crippen molar-refractivity contribution in [1.29, 1.82) is 0 Å². The zero-order valence-corrected chi connectivity index (χ0v) is 21.8. The van der Waals surface area contributed by atoms with Gasteiger partial charge in [0.1, 0.15) is 52.0 Å². The number of rotatable bonds is 7. The van der Waals surface area contributed by atoms with Crippen LogP contribution in [-0.2, 0) is 10.0 Å². The number of fused-ring (bicyclic) bond motifs is 2. The minimum absolute atomic E-state index is 0.0414. The lowest BCUT2D eigenvalue weighted by Gasteiger charge is -2.15. The monoisotopic (exact) mass is 577 g/mol. The summed E-state index contributed by atoms with van der Waals surface area (Å²) in [6, 6.07) is 15.6. The van der Waals surface area contributed by atoms with E-state index in [4.69, 9.17) is 4.74 Å². The first-order chi connectivity index (χ1) is 19.7. The second-order valence-electron chi connectivity index (χ2n) is 8.67. The van der Waals surface area contributed by atoms with Crippen molar-refractivity contribution < 1.29 is 26.3 Å². The summed E-state index contributed by atoms with van der Waals surface area (Å²) in [7, 11) is -3.30. The molecule has 6 aromatic rings. The second kappa shape index (κ2) is 10.1. The van der Waals surface area contributed by atoms with E-state index in [0.717, 1.165) is 35.3 Å². The molecule has 0 aliphatic heterocycles. The van der Waals surface area contributed by atoms with Crippen molar-refractivity contribution in [3.8, 4) is 11.6 Å². The molecule has 10 nitrogen and oxygen atoms in total. The molecule has 6 rings (SSSR count). The van der Waals surface area contributed by atoms with Crippen LogP contribution in [0.25, 0.3) is 27.9 Å². The molecule has 14 heteroatoms. The van der Waals surface area contributed by atoms with Crippen LogP contribution in [0.4, 0.5) is 30.4 Å². The van der Waals surface area contributed by atoms with Crippen LogP contribution in [0.1, 0.15) is 0 Å². The number of nitrogens with one attached hydrogen (secondary N) is 2. The molecule has 2 N–H and O–H groups in total. The summed E-state index contributed by atoms with van der Waals surface area (Å²) >= 11 is 0. The molecule has 3 aromatic heterocycles. The lowest BCUT2D eigenvalue weighted by molar-refractivity contribution is 0.410. The molecule has 41 heavy (non-hydrogen) atoms. The Morgan fingerprint density at radius 3 is 2.51 bits per heavy atom. The van der Waals surface area contributed by atoms with E-state index in [-0.39, 0.29) is 17.1 Å². The average Bonchev–Trinajstić information content (AvgIpc) is 3.40. The van der Waals surface area contributed by atoms with Gasteiger partial charge >= 0.3 is 0 Å². The number of aromatic nitrogens is 5. The first-order valence-corrected chi connectivity index (χ1v) is 13.4. The van der Waals surface area contributed by atoms with Crippen molar-refractivity contribution in [2.75, 3.05) is 17.1 Å². The summed E-state index contributed by atoms with van der Waals surface area (Å²) in [6.07, 6.45) is 2.78. The Bertz CT molecular complexity index is 2070. The van der Waals surface area contributed by atoms with Crippen LogP contribution < -0.4 is 14.8 Å². The zero-order chi connectivity index (χ0) is 28.7. The summed E-state index contributed by atoms with van der Waals surface area (Å²) < 4.78 is 79.1. The van der Waals surface area contributed by atoms with Gasteiger partial charge in [0.15, 0.2) is 11.6 Å². The van der Waals surface area contributed by atoms with Gasteiger partial charge in [0, 0.05) is 6.07 Å². The van der Waals surface area contributed by atoms with Crippen molar-refractivity contribution >= 4 is 49.3 Å². The summed E-state index contributed by atoms with van der Waals surface area (Å²) in [5, 5.41) is 2.57. The molecule has 0 fully saturated rings. The van der Waals surface area contributed by atoms with Gasteiger partial charge < -0.3 is 10.1 Å². The highest BCUT2D eigenvalue weighted by Crippen LogP contribution is 2.32. The first kappa shape index (κ1) is 26.0. The molecule has 3 aromatic carbocycles. The maximum atomic E-state index is 15.5. The third-order valence-electron chi connectivity index (χ3n) is 6.17. The summed E-state index contributed by atoms with van der Waals surface area (Å²) in [5.41, 5.74) is 0.768. The number of sulfonamides is 1. The van der Waals surface area contributed by atoms with Gasteiger partial charge in [0.2, 0.25) is 0 Å². The van der Waals surface area contributed by atoms with Crippen LogP contribution in [0.3, 0.4) is 0 Å². The number of benzene rings is 3. The zero-order valence-electron chi connectivity index (χ0n) is 21.0. The Kier molecular flexibility index (Phi) is 6.38. The van der Waals surface area contributed by atoms with Gasteiger partial charge in [-0.1, -0.05) is 12.1 Å². The number of nitrogens with zero attached hydrogens (tertiary/aromatic N) is 5. The summed E-state index contributed by atoms with van der Waals surface area (Å²) in [5.74, 6) is -2.93. The summed E-state index contributed by atoms with van der Waals surface area (Å²) in [4.78, 5) is 16.5. The molecule has 0 aliphatic rings. The van der Waals surface area contributed by atoms with Gasteiger partial charge in [-0.2, -0.15) is 0 Å². The van der Waals surface area contributed by atoms with Gasteiger partial charge in [0.05, 0.1) is 29.3 Å². The van der Waals surface area contributed by atoms with Crippen molar-refractivity contribution in [3.63, 3.8) is 0 Å². The normalized spacial score (nSPS) is 11.6. The molecule has 0 bridgehead atoms. The highest BCUT2D eigenvalue weighted by atomic mass is 32.2. The Hall–Kier alpha value is -5.24. The third-order valence-corrected chi connectivity index (χ3v) is 7.57. The fourth-order valence-electron chi connectivity index (χ4n) is 4.19. The number of ether oxygens (including phenoxy) is 1. The molecular weight excluding hydrogens is 559 g/mol. The maximum absolute atomic E-state index is 15.5. The third kappa shape index (κ3) is 4.74. The van der Waals surface area contributed by atoms with E-state index in [9.17, 15) is 17.2 Å². The van der Waals surface area contributed by atoms with Crippen LogP contribution in [0.5, 0.6) is 5.75 Å². The van der Waals surface area contributed by atoms with Gasteiger partial charge in [0.25, 0.3) is 10.0 Å². The minimum atomic E-state index is -4.59. The maximum Gasteiger partial charge on any atom is 0.264 e. The van der Waals surface area contributed by atoms with Crippen LogP contribution in [0.15, 0.2) is 84.3 Å². The lowest BCUT2D eigenvalue weighted by Crippen LogP contribution is -2.16. The van der Waals surface area contributed by atoms with E-state index in [0.29, 0.717) is 11.3 Å². The van der Waals surface area contributed by atoms with E-state index in [1.807, 2.05) is 29.0 Å². The molecule has 0 saturated heterocycles. The fraction of sp³-hybridized carbons (Fsp3) is 0.0370. The Morgan fingerprint density at radius 1 is 0.878 bits per heavy atom. The number of halogens is 3. The first-order valence-electron chi connectivity index (χ1n) is 11.9. The van der Waals surface area contributed by atoms with Crippen LogP contribution in [0, 0.1) is 17.5 Å². The second-order valence-corrected chi connectivity index (χ2v) is 10.3. The van der Waals surface area contributed by atoms with Gasteiger partial charge in [-0.25, -0.2) is 41.5 Å². The van der Waals surface area contributed by atoms with Gasteiger partial charge in [-0.05, 0) is 48.5 Å². The number of para-hydroxylation sites is 2. The highest BCUT2D eigenvalue weighted by molar-refractivity contribution is 7.92. The molecule has 0 aliphatic carbocycles. The number of imidazole rings is 1. The minimum Gasteiger partial charge on any atom is -0.497 e.